The summed E-state index contributed by atoms with van der Waals surface area (Å²) < 4.78 is 4.11. The molecule has 0 aliphatic heterocycles. The Bertz CT molecular complexity index is 1330. The molecule has 0 saturated heterocycles. The Labute approximate surface area is 169 Å². The van der Waals surface area contributed by atoms with E-state index in [9.17, 15) is 0 Å². The second-order valence-electron chi connectivity index (χ2n) is 7.60. The highest BCUT2D eigenvalue weighted by Crippen LogP contribution is 2.24. The van der Waals surface area contributed by atoms with Gasteiger partial charge in [0.05, 0.1) is 22.4 Å². The van der Waals surface area contributed by atoms with E-state index in [1.807, 2.05) is 29.6 Å². The van der Waals surface area contributed by atoms with Gasteiger partial charge in [-0.3, -0.25) is 0 Å². The molecular formula is C24H23N5. The molecule has 5 heteroatoms. The van der Waals surface area contributed by atoms with Crippen LogP contribution in [0.25, 0.3) is 27.7 Å². The van der Waals surface area contributed by atoms with Crippen molar-refractivity contribution in [3.63, 3.8) is 0 Å². The van der Waals surface area contributed by atoms with Crippen LogP contribution >= 0.6 is 0 Å². The van der Waals surface area contributed by atoms with Gasteiger partial charge in [-0.2, -0.15) is 5.10 Å². The first-order valence-electron chi connectivity index (χ1n) is 9.92. The third-order valence-corrected chi connectivity index (χ3v) is 5.44. The van der Waals surface area contributed by atoms with Crippen LogP contribution in [0.2, 0.25) is 0 Å². The monoisotopic (exact) mass is 381 g/mol. The predicted octanol–water partition coefficient (Wildman–Crippen LogP) is 4.69. The predicted molar refractivity (Wildman–Crippen MR) is 116 cm³/mol. The van der Waals surface area contributed by atoms with Crippen molar-refractivity contribution in [1.29, 1.82) is 0 Å². The fourth-order valence-electron chi connectivity index (χ4n) is 3.95. The van der Waals surface area contributed by atoms with Crippen LogP contribution in [0.15, 0.2) is 60.8 Å². The molecule has 0 unspecified atom stereocenters. The van der Waals surface area contributed by atoms with E-state index in [0.717, 1.165) is 57.9 Å². The number of aryl methyl sites for hydroxylation is 5. The van der Waals surface area contributed by atoms with E-state index in [-0.39, 0.29) is 0 Å². The van der Waals surface area contributed by atoms with Gasteiger partial charge in [-0.25, -0.2) is 14.5 Å². The maximum absolute atomic E-state index is 4.99. The first kappa shape index (κ1) is 17.6. The lowest BCUT2D eigenvalue weighted by atomic mass is 10.1. The standard InChI is InChI=1S/C24H23N5/c1-16-8-7-11-19-21-14-17(2)27-29(21)23(26-24(16)19)13-12-22-25-20(15-28(22)3)18-9-5-4-6-10-18/h4-11,14-15H,12-13H2,1-3H3. The summed E-state index contributed by atoms with van der Waals surface area (Å²) in [5.41, 5.74) is 6.51. The van der Waals surface area contributed by atoms with Crippen molar-refractivity contribution in [3.8, 4) is 11.3 Å². The molecule has 5 nitrogen and oxygen atoms in total. The van der Waals surface area contributed by atoms with Crippen molar-refractivity contribution in [2.75, 3.05) is 0 Å². The number of hydrogen-bond donors (Lipinski definition) is 0. The van der Waals surface area contributed by atoms with Crippen molar-refractivity contribution >= 4 is 16.4 Å². The van der Waals surface area contributed by atoms with E-state index >= 15 is 0 Å². The molecule has 0 aliphatic rings. The first-order valence-corrected chi connectivity index (χ1v) is 9.92. The summed E-state index contributed by atoms with van der Waals surface area (Å²) in [4.78, 5) is 9.86. The van der Waals surface area contributed by atoms with E-state index < -0.39 is 0 Å². The summed E-state index contributed by atoms with van der Waals surface area (Å²) in [5.74, 6) is 2.02. The topological polar surface area (TPSA) is 48.0 Å². The number of para-hydroxylation sites is 1. The highest BCUT2D eigenvalue weighted by Gasteiger charge is 2.14. The summed E-state index contributed by atoms with van der Waals surface area (Å²) in [5, 5.41) is 5.86. The average molecular weight is 381 g/mol. The Morgan fingerprint density at radius 3 is 2.48 bits per heavy atom. The number of nitrogens with zero attached hydrogens (tertiary/aromatic N) is 5. The lowest BCUT2D eigenvalue weighted by molar-refractivity contribution is 0.721. The highest BCUT2D eigenvalue weighted by molar-refractivity contribution is 5.95. The Balaban J connectivity index is 1.52. The number of aromatic nitrogens is 5. The molecule has 0 spiro atoms. The Hall–Kier alpha value is -3.47. The van der Waals surface area contributed by atoms with Crippen molar-refractivity contribution in [2.45, 2.75) is 26.7 Å². The maximum Gasteiger partial charge on any atom is 0.131 e. The Morgan fingerprint density at radius 2 is 1.66 bits per heavy atom. The van der Waals surface area contributed by atoms with Gasteiger partial charge in [0.25, 0.3) is 0 Å². The van der Waals surface area contributed by atoms with Crippen molar-refractivity contribution in [1.82, 2.24) is 24.1 Å². The molecule has 5 rings (SSSR count). The third kappa shape index (κ3) is 3.09. The zero-order chi connectivity index (χ0) is 20.0. The van der Waals surface area contributed by atoms with Crippen molar-refractivity contribution in [2.24, 2.45) is 7.05 Å². The molecular weight excluding hydrogens is 358 g/mol. The van der Waals surface area contributed by atoms with Crippen LogP contribution in [0.1, 0.15) is 22.9 Å². The van der Waals surface area contributed by atoms with E-state index in [1.165, 1.54) is 5.56 Å². The van der Waals surface area contributed by atoms with Crippen LogP contribution in [-0.4, -0.2) is 24.1 Å². The molecule has 0 atom stereocenters. The second kappa shape index (κ2) is 6.85. The lowest BCUT2D eigenvalue weighted by Crippen LogP contribution is -2.08. The fraction of sp³-hybridized carbons (Fsp3) is 0.208. The largest absolute Gasteiger partial charge is 0.337 e. The molecule has 0 fully saturated rings. The van der Waals surface area contributed by atoms with E-state index in [0.29, 0.717) is 0 Å². The summed E-state index contributed by atoms with van der Waals surface area (Å²) in [7, 11) is 2.06. The summed E-state index contributed by atoms with van der Waals surface area (Å²) in [6, 6.07) is 18.8. The zero-order valence-corrected chi connectivity index (χ0v) is 16.9. The molecule has 3 aromatic heterocycles. The van der Waals surface area contributed by atoms with Crippen LogP contribution in [0.4, 0.5) is 0 Å². The fourth-order valence-corrected chi connectivity index (χ4v) is 3.95. The zero-order valence-electron chi connectivity index (χ0n) is 16.9. The van der Waals surface area contributed by atoms with E-state index in [1.54, 1.807) is 0 Å². The van der Waals surface area contributed by atoms with Gasteiger partial charge in [0.2, 0.25) is 0 Å². The van der Waals surface area contributed by atoms with Gasteiger partial charge < -0.3 is 4.57 Å². The minimum absolute atomic E-state index is 0.779. The van der Waals surface area contributed by atoms with Crippen LogP contribution in [0, 0.1) is 13.8 Å². The maximum atomic E-state index is 4.99. The molecule has 0 aliphatic carbocycles. The molecule has 0 N–H and O–H groups in total. The second-order valence-corrected chi connectivity index (χ2v) is 7.60. The number of fused-ring (bicyclic) bond motifs is 3. The van der Waals surface area contributed by atoms with Crippen molar-refractivity contribution in [3.05, 3.63) is 83.7 Å². The SMILES string of the molecule is Cc1cc2c3cccc(C)c3nc(CCc3nc(-c4ccccc4)cn3C)n2n1. The number of rotatable bonds is 4. The summed E-state index contributed by atoms with van der Waals surface area (Å²) >= 11 is 0. The van der Waals surface area contributed by atoms with E-state index in [2.05, 4.69) is 61.1 Å². The normalized spacial score (nSPS) is 11.6. The third-order valence-electron chi connectivity index (χ3n) is 5.44. The van der Waals surface area contributed by atoms with Crippen LogP contribution < -0.4 is 0 Å². The molecule has 0 radical (unpaired) electrons. The molecule has 0 amide bonds. The van der Waals surface area contributed by atoms with Gasteiger partial charge in [0.1, 0.15) is 11.6 Å². The number of benzene rings is 2. The molecule has 2 aromatic carbocycles. The minimum atomic E-state index is 0.779. The van der Waals surface area contributed by atoms with Gasteiger partial charge in [0.15, 0.2) is 0 Å². The van der Waals surface area contributed by atoms with Crippen LogP contribution in [0.3, 0.4) is 0 Å². The summed E-state index contributed by atoms with van der Waals surface area (Å²) in [6.45, 7) is 4.15. The molecule has 3 heterocycles. The Kier molecular flexibility index (Phi) is 4.16. The lowest BCUT2D eigenvalue weighted by Gasteiger charge is -2.09. The molecule has 0 saturated carbocycles. The Morgan fingerprint density at radius 1 is 0.862 bits per heavy atom. The number of imidazole rings is 1. The minimum Gasteiger partial charge on any atom is -0.337 e. The molecule has 0 bridgehead atoms. The molecule has 144 valence electrons. The van der Waals surface area contributed by atoms with Crippen molar-refractivity contribution < 1.29 is 0 Å². The van der Waals surface area contributed by atoms with Gasteiger partial charge in [-0.1, -0.05) is 48.5 Å². The molecule has 5 aromatic rings. The average Bonchev–Trinajstić information content (AvgIpc) is 3.30. The van der Waals surface area contributed by atoms with Gasteiger partial charge in [-0.05, 0) is 25.5 Å². The number of hydrogen-bond acceptors (Lipinski definition) is 3. The van der Waals surface area contributed by atoms with Crippen LogP contribution in [0.5, 0.6) is 0 Å². The summed E-state index contributed by atoms with van der Waals surface area (Å²) in [6.07, 6.45) is 3.68. The molecule has 29 heavy (non-hydrogen) atoms. The highest BCUT2D eigenvalue weighted by atomic mass is 15.3. The van der Waals surface area contributed by atoms with Gasteiger partial charge >= 0.3 is 0 Å². The smallest absolute Gasteiger partial charge is 0.131 e. The van der Waals surface area contributed by atoms with Gasteiger partial charge in [-0.15, -0.1) is 0 Å². The first-order chi connectivity index (χ1) is 14.1. The van der Waals surface area contributed by atoms with Gasteiger partial charge in [0, 0.05) is 37.0 Å². The van der Waals surface area contributed by atoms with Crippen LogP contribution in [-0.2, 0) is 19.9 Å². The van der Waals surface area contributed by atoms with E-state index in [4.69, 9.17) is 15.1 Å². The quantitative estimate of drug-likeness (QED) is 0.454.